The van der Waals surface area contributed by atoms with Crippen molar-refractivity contribution < 1.29 is 9.59 Å². The molecule has 118 valence electrons. The van der Waals surface area contributed by atoms with E-state index in [0.717, 1.165) is 39.0 Å². The van der Waals surface area contributed by atoms with Gasteiger partial charge in [-0.15, -0.1) is 0 Å². The zero-order valence-corrected chi connectivity index (χ0v) is 13.5. The largest absolute Gasteiger partial charge is 0.338 e. The predicted molar refractivity (Wildman–Crippen MR) is 85.6 cm³/mol. The Balaban J connectivity index is 1.86. The van der Waals surface area contributed by atoms with E-state index in [9.17, 15) is 9.59 Å². The summed E-state index contributed by atoms with van der Waals surface area (Å²) in [4.78, 5) is 27.5. The first-order valence-electron chi connectivity index (χ1n) is 8.06. The maximum atomic E-state index is 11.9. The lowest BCUT2D eigenvalue weighted by molar-refractivity contribution is -0.131. The van der Waals surface area contributed by atoms with Gasteiger partial charge in [0.15, 0.2) is 0 Å². The van der Waals surface area contributed by atoms with Gasteiger partial charge in [0, 0.05) is 25.4 Å². The number of carbonyl (C=O) groups is 2. The van der Waals surface area contributed by atoms with Crippen molar-refractivity contribution in [2.24, 2.45) is 0 Å². The lowest BCUT2D eigenvalue weighted by atomic mass is 9.69. The third-order valence-corrected chi connectivity index (χ3v) is 5.15. The minimum Gasteiger partial charge on any atom is -0.338 e. The van der Waals surface area contributed by atoms with Crippen molar-refractivity contribution in [1.82, 2.24) is 9.80 Å². The fraction of sp³-hybridized carbons (Fsp3) is 0.556. The van der Waals surface area contributed by atoms with Gasteiger partial charge in [0.05, 0.1) is 6.54 Å². The molecular weight excluding hydrogens is 276 g/mol. The van der Waals surface area contributed by atoms with E-state index in [1.807, 2.05) is 4.90 Å². The summed E-state index contributed by atoms with van der Waals surface area (Å²) in [5, 5.41) is 0. The van der Waals surface area contributed by atoms with Gasteiger partial charge in [0.2, 0.25) is 5.91 Å². The zero-order chi connectivity index (χ0) is 15.7. The number of Topliss-reactive ketones (excluding diaryl/α,β-unsaturated/α-hetero) is 1. The summed E-state index contributed by atoms with van der Waals surface area (Å²) in [7, 11) is 0. The van der Waals surface area contributed by atoms with Crippen LogP contribution in [-0.2, 0) is 21.5 Å². The first-order valence-corrected chi connectivity index (χ1v) is 8.06. The van der Waals surface area contributed by atoms with E-state index >= 15 is 0 Å². The van der Waals surface area contributed by atoms with Gasteiger partial charge in [-0.1, -0.05) is 24.3 Å². The molecule has 0 N–H and O–H groups in total. The Morgan fingerprint density at radius 1 is 1.14 bits per heavy atom. The second-order valence-electron chi connectivity index (χ2n) is 6.79. The third-order valence-electron chi connectivity index (χ3n) is 5.15. The molecule has 0 saturated carbocycles. The summed E-state index contributed by atoms with van der Waals surface area (Å²) < 4.78 is 0. The highest BCUT2D eigenvalue weighted by Gasteiger charge is 2.42. The first-order chi connectivity index (χ1) is 10.5. The van der Waals surface area contributed by atoms with Crippen LogP contribution < -0.4 is 0 Å². The Labute approximate surface area is 132 Å². The van der Waals surface area contributed by atoms with Gasteiger partial charge in [-0.05, 0) is 44.0 Å². The fourth-order valence-electron chi connectivity index (χ4n) is 3.99. The number of ketones is 1. The third kappa shape index (κ3) is 2.80. The Morgan fingerprint density at radius 3 is 2.45 bits per heavy atom. The van der Waals surface area contributed by atoms with E-state index < -0.39 is 0 Å². The van der Waals surface area contributed by atoms with Crippen LogP contribution in [0.3, 0.4) is 0 Å². The minimum absolute atomic E-state index is 0.0633. The molecule has 22 heavy (non-hydrogen) atoms. The van der Waals surface area contributed by atoms with E-state index in [1.165, 1.54) is 11.1 Å². The molecule has 2 aliphatic heterocycles. The fourth-order valence-corrected chi connectivity index (χ4v) is 3.99. The van der Waals surface area contributed by atoms with Gasteiger partial charge in [-0.25, -0.2) is 0 Å². The molecular formula is C18H24N2O2. The SMILES string of the molecule is CC(=O)CN1CCC2(CC1)CN(C(C)=O)Cc1ccccc12. The number of hydrogen-bond donors (Lipinski definition) is 0. The lowest BCUT2D eigenvalue weighted by Crippen LogP contribution is -2.53. The standard InChI is InChI=1S/C18H24N2O2/c1-14(21)11-19-9-7-18(8-10-19)13-20(15(2)22)12-16-5-3-4-6-17(16)18/h3-6H,7-13H2,1-2H3. The van der Waals surface area contributed by atoms with Crippen LogP contribution >= 0.6 is 0 Å². The molecule has 4 heteroatoms. The van der Waals surface area contributed by atoms with Crippen molar-refractivity contribution in [2.75, 3.05) is 26.2 Å². The van der Waals surface area contributed by atoms with E-state index in [1.54, 1.807) is 13.8 Å². The molecule has 1 spiro atoms. The summed E-state index contributed by atoms with van der Waals surface area (Å²) >= 11 is 0. The molecule has 0 aliphatic carbocycles. The van der Waals surface area contributed by atoms with Gasteiger partial charge in [0.25, 0.3) is 0 Å². The lowest BCUT2D eigenvalue weighted by Gasteiger charge is -2.48. The molecule has 1 fully saturated rings. The van der Waals surface area contributed by atoms with E-state index in [0.29, 0.717) is 6.54 Å². The summed E-state index contributed by atoms with van der Waals surface area (Å²) in [6.07, 6.45) is 2.03. The molecule has 3 rings (SSSR count). The molecule has 2 aliphatic rings. The molecule has 1 amide bonds. The van der Waals surface area contributed by atoms with Crippen molar-refractivity contribution >= 4 is 11.7 Å². The number of fused-ring (bicyclic) bond motifs is 2. The maximum Gasteiger partial charge on any atom is 0.219 e. The molecule has 0 bridgehead atoms. The number of benzene rings is 1. The van der Waals surface area contributed by atoms with Crippen LogP contribution in [0.2, 0.25) is 0 Å². The van der Waals surface area contributed by atoms with Gasteiger partial charge in [-0.3, -0.25) is 14.5 Å². The molecule has 0 aromatic heterocycles. The van der Waals surface area contributed by atoms with Crippen LogP contribution in [-0.4, -0.2) is 47.7 Å². The summed E-state index contributed by atoms with van der Waals surface area (Å²) in [6.45, 7) is 7.26. The number of likely N-dealkylation sites (tertiary alicyclic amines) is 1. The maximum absolute atomic E-state index is 11.9. The molecule has 1 aromatic carbocycles. The smallest absolute Gasteiger partial charge is 0.219 e. The molecule has 0 unspecified atom stereocenters. The molecule has 4 nitrogen and oxygen atoms in total. The van der Waals surface area contributed by atoms with Gasteiger partial charge in [0.1, 0.15) is 5.78 Å². The van der Waals surface area contributed by atoms with Gasteiger partial charge in [-0.2, -0.15) is 0 Å². The van der Waals surface area contributed by atoms with Crippen molar-refractivity contribution in [2.45, 2.75) is 38.6 Å². The monoisotopic (exact) mass is 300 g/mol. The second kappa shape index (κ2) is 5.84. The van der Waals surface area contributed by atoms with E-state index in [4.69, 9.17) is 0 Å². The van der Waals surface area contributed by atoms with Crippen LogP contribution in [0.15, 0.2) is 24.3 Å². The van der Waals surface area contributed by atoms with Crippen molar-refractivity contribution in [1.29, 1.82) is 0 Å². The summed E-state index contributed by atoms with van der Waals surface area (Å²) in [5.74, 6) is 0.380. The van der Waals surface area contributed by atoms with Crippen molar-refractivity contribution in [3.05, 3.63) is 35.4 Å². The van der Waals surface area contributed by atoms with Gasteiger partial charge >= 0.3 is 0 Å². The quantitative estimate of drug-likeness (QED) is 0.838. The van der Waals surface area contributed by atoms with Crippen LogP contribution in [0.1, 0.15) is 37.8 Å². The number of nitrogens with zero attached hydrogens (tertiary/aromatic N) is 2. The summed E-state index contributed by atoms with van der Waals surface area (Å²) in [6, 6.07) is 8.54. The molecule has 1 aromatic rings. The summed E-state index contributed by atoms with van der Waals surface area (Å²) in [5.41, 5.74) is 2.76. The van der Waals surface area contributed by atoms with Crippen LogP contribution in [0.5, 0.6) is 0 Å². The first kappa shape index (κ1) is 15.2. The van der Waals surface area contributed by atoms with Crippen molar-refractivity contribution in [3.63, 3.8) is 0 Å². The van der Waals surface area contributed by atoms with Crippen LogP contribution in [0.25, 0.3) is 0 Å². The Kier molecular flexibility index (Phi) is 4.04. The average Bonchev–Trinajstić information content (AvgIpc) is 2.49. The molecule has 0 radical (unpaired) electrons. The van der Waals surface area contributed by atoms with E-state index in [2.05, 4.69) is 29.2 Å². The number of carbonyl (C=O) groups excluding carboxylic acids is 2. The average molecular weight is 300 g/mol. The van der Waals surface area contributed by atoms with Crippen LogP contribution in [0, 0.1) is 0 Å². The number of piperidine rings is 1. The number of rotatable bonds is 2. The normalized spacial score (nSPS) is 20.7. The highest BCUT2D eigenvalue weighted by atomic mass is 16.2. The molecule has 2 heterocycles. The number of amides is 1. The Morgan fingerprint density at radius 2 is 1.82 bits per heavy atom. The molecule has 1 saturated heterocycles. The zero-order valence-electron chi connectivity index (χ0n) is 13.5. The van der Waals surface area contributed by atoms with Crippen LogP contribution in [0.4, 0.5) is 0 Å². The van der Waals surface area contributed by atoms with Gasteiger partial charge < -0.3 is 4.90 Å². The minimum atomic E-state index is 0.0633. The highest BCUT2D eigenvalue weighted by Crippen LogP contribution is 2.41. The Hall–Kier alpha value is -1.68. The highest BCUT2D eigenvalue weighted by molar-refractivity contribution is 5.77. The van der Waals surface area contributed by atoms with E-state index in [-0.39, 0.29) is 17.1 Å². The van der Waals surface area contributed by atoms with Crippen molar-refractivity contribution in [3.8, 4) is 0 Å². The molecule has 0 atom stereocenters. The predicted octanol–water partition coefficient (Wildman–Crippen LogP) is 1.97. The topological polar surface area (TPSA) is 40.6 Å². The Bertz CT molecular complexity index is 589. The number of hydrogen-bond acceptors (Lipinski definition) is 3. The second-order valence-corrected chi connectivity index (χ2v) is 6.79.